The first kappa shape index (κ1) is 23.1. The monoisotopic (exact) mass is 495 g/mol. The van der Waals surface area contributed by atoms with E-state index in [2.05, 4.69) is 35.4 Å². The van der Waals surface area contributed by atoms with E-state index in [1.807, 2.05) is 18.2 Å². The molecule has 0 saturated carbocycles. The lowest BCUT2D eigenvalue weighted by Gasteiger charge is -2.21. The number of ether oxygens (including phenoxy) is 3. The van der Waals surface area contributed by atoms with Gasteiger partial charge in [-0.1, -0.05) is 11.2 Å². The van der Waals surface area contributed by atoms with Gasteiger partial charge >= 0.3 is 0 Å². The first-order valence-electron chi connectivity index (χ1n) is 10.9. The zero-order chi connectivity index (χ0) is 25.1. The summed E-state index contributed by atoms with van der Waals surface area (Å²) in [5.74, 6) is 0.796. The van der Waals surface area contributed by atoms with Crippen LogP contribution >= 0.6 is 0 Å². The summed E-state index contributed by atoms with van der Waals surface area (Å²) >= 11 is 0. The van der Waals surface area contributed by atoms with Crippen molar-refractivity contribution in [2.24, 2.45) is 0 Å². The Morgan fingerprint density at radius 1 is 1.14 bits per heavy atom. The smallest absolute Gasteiger partial charge is 0.293 e. The Hall–Kier alpha value is -4.66. The van der Waals surface area contributed by atoms with Crippen molar-refractivity contribution in [2.45, 2.75) is 37.9 Å². The molecule has 15 heteroatoms. The summed E-state index contributed by atoms with van der Waals surface area (Å²) in [4.78, 5) is 44.1. The highest BCUT2D eigenvalue weighted by molar-refractivity contribution is 5.83. The van der Waals surface area contributed by atoms with Crippen molar-refractivity contribution < 1.29 is 28.3 Å². The van der Waals surface area contributed by atoms with Gasteiger partial charge in [-0.3, -0.25) is 19.1 Å². The fraction of sp³-hybridized carbons (Fsp3) is 0.333. The molecule has 1 aliphatic heterocycles. The van der Waals surface area contributed by atoms with Gasteiger partial charge in [-0.15, -0.1) is 0 Å². The van der Waals surface area contributed by atoms with Crippen LogP contribution in [0.3, 0.4) is 0 Å². The zero-order valence-electron chi connectivity index (χ0n) is 18.9. The maximum absolute atomic E-state index is 11.3. The van der Waals surface area contributed by atoms with Crippen molar-refractivity contribution in [2.75, 3.05) is 17.6 Å². The topological polar surface area (TPSA) is 195 Å². The van der Waals surface area contributed by atoms with E-state index >= 15 is 0 Å². The maximum Gasteiger partial charge on any atom is 0.293 e. The number of fused-ring (bicyclic) bond motifs is 1. The van der Waals surface area contributed by atoms with Gasteiger partial charge in [0.25, 0.3) is 18.8 Å². The average Bonchev–Trinajstić information content (AvgIpc) is 3.58. The summed E-state index contributed by atoms with van der Waals surface area (Å²) in [5.41, 5.74) is 7.65. The van der Waals surface area contributed by atoms with E-state index in [4.69, 9.17) is 24.5 Å². The van der Waals surface area contributed by atoms with E-state index in [0.29, 0.717) is 30.0 Å². The quantitative estimate of drug-likeness (QED) is 0.289. The van der Waals surface area contributed by atoms with E-state index < -0.39 is 24.5 Å². The van der Waals surface area contributed by atoms with E-state index in [1.54, 1.807) is 13.1 Å². The second-order valence-electron chi connectivity index (χ2n) is 7.78. The van der Waals surface area contributed by atoms with Gasteiger partial charge < -0.3 is 29.8 Å². The first-order chi connectivity index (χ1) is 17.6. The maximum atomic E-state index is 11.3. The van der Waals surface area contributed by atoms with Crippen LogP contribution in [0.15, 0.2) is 35.2 Å². The molecule has 0 aliphatic carbocycles. The number of hydrogen-bond donors (Lipinski definition) is 2. The van der Waals surface area contributed by atoms with Crippen LogP contribution < -0.4 is 11.1 Å². The zero-order valence-corrected chi connectivity index (χ0v) is 18.9. The number of aryl methyl sites for hydroxylation is 1. The van der Waals surface area contributed by atoms with Crippen LogP contribution in [-0.4, -0.2) is 66.3 Å². The fourth-order valence-electron chi connectivity index (χ4n) is 3.96. The van der Waals surface area contributed by atoms with Crippen LogP contribution in [0.4, 0.5) is 11.8 Å². The fourth-order valence-corrected chi connectivity index (χ4v) is 3.96. The standard InChI is InChI=1S/C21H21N9O6/c1-11-26-19(36-29-11)15-14(33-9-31)16(34-10-32)20(35-15)30-8-25-13-17(22)27-21(28-18(13)30)24-7-5-12-4-2-3-6-23-12/h2-4,6,8-10,14-16,20H,5,7H2,1H3,(H3,22,24,27,28)/t14-,15+,16-,20-/m1/s1. The molecule has 4 aromatic heterocycles. The lowest BCUT2D eigenvalue weighted by atomic mass is 10.1. The molecule has 0 bridgehead atoms. The number of rotatable bonds is 10. The number of anilines is 2. The molecule has 1 fully saturated rings. The number of imidazole rings is 1. The molecule has 0 amide bonds. The van der Waals surface area contributed by atoms with Gasteiger partial charge in [0.05, 0.1) is 6.33 Å². The molecule has 4 atom stereocenters. The van der Waals surface area contributed by atoms with Crippen molar-refractivity contribution in [3.8, 4) is 0 Å². The van der Waals surface area contributed by atoms with Gasteiger partial charge in [-0.2, -0.15) is 15.0 Å². The third-order valence-corrected chi connectivity index (χ3v) is 5.51. The van der Waals surface area contributed by atoms with Crippen LogP contribution in [-0.2, 0) is 30.2 Å². The summed E-state index contributed by atoms with van der Waals surface area (Å²) in [6, 6.07) is 5.67. The molecule has 186 valence electrons. The number of carbonyl (C=O) groups is 2. The first-order valence-corrected chi connectivity index (χ1v) is 10.9. The molecule has 1 aliphatic rings. The molecule has 0 radical (unpaired) electrons. The molecule has 0 unspecified atom stereocenters. The van der Waals surface area contributed by atoms with E-state index in [-0.39, 0.29) is 30.6 Å². The van der Waals surface area contributed by atoms with Gasteiger partial charge in [-0.25, -0.2) is 4.98 Å². The third-order valence-electron chi connectivity index (χ3n) is 5.51. The van der Waals surface area contributed by atoms with Crippen LogP contribution in [0.25, 0.3) is 11.2 Å². The van der Waals surface area contributed by atoms with Crippen LogP contribution in [0.5, 0.6) is 0 Å². The molecule has 5 rings (SSSR count). The Bertz CT molecular complexity index is 1360. The largest absolute Gasteiger partial charge is 0.457 e. The van der Waals surface area contributed by atoms with Crippen molar-refractivity contribution >= 4 is 35.9 Å². The summed E-state index contributed by atoms with van der Waals surface area (Å²) in [6.07, 6.45) is -0.420. The minimum absolute atomic E-state index is 0.0526. The second-order valence-corrected chi connectivity index (χ2v) is 7.78. The Morgan fingerprint density at radius 2 is 1.97 bits per heavy atom. The lowest BCUT2D eigenvalue weighted by molar-refractivity contribution is -0.151. The third kappa shape index (κ3) is 4.38. The summed E-state index contributed by atoms with van der Waals surface area (Å²) in [6.45, 7) is 2.58. The van der Waals surface area contributed by atoms with E-state index in [0.717, 1.165) is 5.69 Å². The van der Waals surface area contributed by atoms with Crippen LogP contribution in [0.2, 0.25) is 0 Å². The molecule has 36 heavy (non-hydrogen) atoms. The summed E-state index contributed by atoms with van der Waals surface area (Å²) < 4.78 is 23.3. The number of hydrogen-bond acceptors (Lipinski definition) is 14. The minimum atomic E-state index is -1.08. The Morgan fingerprint density at radius 3 is 2.69 bits per heavy atom. The number of pyridine rings is 1. The van der Waals surface area contributed by atoms with Gasteiger partial charge in [0.15, 0.2) is 41.8 Å². The molecule has 4 aromatic rings. The SMILES string of the molecule is Cc1noc([C@H]2O[C@@H](n3cnc4c(N)nc(NCCc5ccccn5)nc43)[C@H](OC=O)[C@@H]2OC=O)n1. The lowest BCUT2D eigenvalue weighted by Crippen LogP contribution is -2.34. The molecular formula is C21H21N9O6. The van der Waals surface area contributed by atoms with E-state index in [9.17, 15) is 9.59 Å². The number of nitrogens with zero attached hydrogens (tertiary/aromatic N) is 7. The van der Waals surface area contributed by atoms with Gasteiger partial charge in [-0.05, 0) is 19.1 Å². The van der Waals surface area contributed by atoms with E-state index in [1.165, 1.54) is 10.9 Å². The Kier molecular flexibility index (Phi) is 6.36. The average molecular weight is 495 g/mol. The van der Waals surface area contributed by atoms with Crippen molar-refractivity contribution in [1.29, 1.82) is 0 Å². The molecule has 3 N–H and O–H groups in total. The highest BCUT2D eigenvalue weighted by atomic mass is 16.6. The van der Waals surface area contributed by atoms with Crippen LogP contribution in [0, 0.1) is 6.92 Å². The highest BCUT2D eigenvalue weighted by Gasteiger charge is 2.52. The van der Waals surface area contributed by atoms with Gasteiger partial charge in [0.2, 0.25) is 5.95 Å². The molecular weight excluding hydrogens is 474 g/mol. The summed E-state index contributed by atoms with van der Waals surface area (Å²) in [5, 5.41) is 6.87. The normalized spacial score (nSPS) is 21.4. The van der Waals surface area contributed by atoms with Crippen molar-refractivity contribution in [3.63, 3.8) is 0 Å². The number of nitrogens with one attached hydrogen (secondary N) is 1. The molecule has 1 saturated heterocycles. The molecule has 0 aromatic carbocycles. The van der Waals surface area contributed by atoms with Gasteiger partial charge in [0.1, 0.15) is 5.52 Å². The Labute approximate surface area is 203 Å². The van der Waals surface area contributed by atoms with Gasteiger partial charge in [0, 0.05) is 24.9 Å². The van der Waals surface area contributed by atoms with Crippen LogP contribution in [0.1, 0.15) is 29.7 Å². The molecule has 5 heterocycles. The number of carbonyl (C=O) groups excluding carboxylic acids is 2. The number of aromatic nitrogens is 7. The second kappa shape index (κ2) is 9.91. The summed E-state index contributed by atoms with van der Waals surface area (Å²) in [7, 11) is 0. The predicted molar refractivity (Wildman–Crippen MR) is 120 cm³/mol. The Balaban J connectivity index is 1.46. The number of nitrogens with two attached hydrogens (primary N) is 1. The number of nitrogen functional groups attached to an aromatic ring is 1. The molecule has 0 spiro atoms. The van der Waals surface area contributed by atoms with Crippen molar-refractivity contribution in [3.05, 3.63) is 48.1 Å². The minimum Gasteiger partial charge on any atom is -0.457 e. The highest BCUT2D eigenvalue weighted by Crippen LogP contribution is 2.42. The molecule has 15 nitrogen and oxygen atoms in total. The van der Waals surface area contributed by atoms with Crippen molar-refractivity contribution in [1.82, 2.24) is 34.6 Å². The predicted octanol–water partition coefficient (Wildman–Crippen LogP) is 0.503.